The van der Waals surface area contributed by atoms with Crippen molar-refractivity contribution in [2.75, 3.05) is 38.8 Å². The fourth-order valence-corrected chi connectivity index (χ4v) is 11.7. The van der Waals surface area contributed by atoms with Gasteiger partial charge in [-0.05, 0) is 100 Å². The number of nitrogens with zero attached hydrogens (tertiary/aromatic N) is 1. The normalized spacial score (nSPS) is 35.0. The number of carbonyl (C=O) groups excluding carboxylic acids is 2. The van der Waals surface area contributed by atoms with Crippen molar-refractivity contribution in [2.45, 2.75) is 121 Å². The molecule has 0 aromatic heterocycles. The van der Waals surface area contributed by atoms with Crippen molar-refractivity contribution in [1.82, 2.24) is 0 Å². The number of esters is 1. The number of ether oxygens (including phenoxy) is 3. The zero-order valence-electron chi connectivity index (χ0n) is 29.1. The molecule has 8 nitrogen and oxygen atoms in total. The van der Waals surface area contributed by atoms with Crippen LogP contribution in [-0.4, -0.2) is 76.1 Å². The molecule has 0 unspecified atom stereocenters. The lowest BCUT2D eigenvalue weighted by molar-refractivity contribution is -0.208. The van der Waals surface area contributed by atoms with Crippen molar-refractivity contribution >= 4 is 25.8 Å². The number of Topliss-reactive ketones (excluding diaryl/α,β-unsaturated/α-hetero) is 1. The van der Waals surface area contributed by atoms with E-state index in [0.29, 0.717) is 39.1 Å². The van der Waals surface area contributed by atoms with Crippen LogP contribution in [0.5, 0.6) is 0 Å². The van der Waals surface area contributed by atoms with Crippen LogP contribution in [0.2, 0.25) is 19.6 Å². The Labute approximate surface area is 276 Å². The van der Waals surface area contributed by atoms with Gasteiger partial charge in [-0.15, -0.1) is 0 Å². The molecular weight excluding hydrogens is 598 g/mol. The Hall–Kier alpha value is -2.04. The minimum atomic E-state index is -2.20. The van der Waals surface area contributed by atoms with Crippen LogP contribution in [0, 0.1) is 17.3 Å². The Bertz CT molecular complexity index is 1360. The average molecular weight is 654 g/mol. The van der Waals surface area contributed by atoms with E-state index in [4.69, 9.17) is 18.6 Å². The number of benzene rings is 1. The second-order valence-electron chi connectivity index (χ2n) is 16.0. The van der Waals surface area contributed by atoms with Gasteiger partial charge < -0.3 is 28.6 Å². The number of aliphatic hydroxyl groups is 1. The molecule has 6 rings (SSSR count). The van der Waals surface area contributed by atoms with E-state index >= 15 is 0 Å². The number of hydrogen-bond donors (Lipinski definition) is 1. The van der Waals surface area contributed by atoms with E-state index in [1.54, 1.807) is 6.92 Å². The number of rotatable bonds is 9. The molecule has 9 heteroatoms. The minimum Gasteiger partial charge on any atom is -0.466 e. The highest BCUT2D eigenvalue weighted by Gasteiger charge is 2.68. The molecule has 4 fully saturated rings. The van der Waals surface area contributed by atoms with Gasteiger partial charge in [-0.25, -0.2) is 0 Å². The molecule has 0 bridgehead atoms. The number of ketones is 1. The minimum absolute atomic E-state index is 0.0457. The van der Waals surface area contributed by atoms with Crippen LogP contribution >= 0.6 is 0 Å². The third-order valence-corrected chi connectivity index (χ3v) is 12.9. The standard InChI is InChI=1S/C37H55NO7Si/c1-8-42-32(40)14-13-31(39)37(45-46(5,6)7)20-17-29-27-15-18-35(41)24-36(43-21-22-44-36)19-16-30(35)33(27)28(23-34(29,37)2)25-9-11-26(12-10-25)38(3)4/h9-12,27-29,41H,8,13-24H2,1-7H3/t27-,28+,29-,34-,35+,37-/m0/s1. The molecule has 1 N–H and O–H groups in total. The topological polar surface area (TPSA) is 94.5 Å². The van der Waals surface area contributed by atoms with Gasteiger partial charge in [0.2, 0.25) is 0 Å². The summed E-state index contributed by atoms with van der Waals surface area (Å²) in [5.41, 5.74) is 2.61. The first-order chi connectivity index (χ1) is 21.7. The molecule has 5 aliphatic rings. The van der Waals surface area contributed by atoms with Crippen molar-refractivity contribution in [3.63, 3.8) is 0 Å². The second kappa shape index (κ2) is 12.1. The molecule has 1 aromatic carbocycles. The third-order valence-electron chi connectivity index (χ3n) is 12.0. The lowest BCUT2D eigenvalue weighted by Gasteiger charge is -2.58. The van der Waals surface area contributed by atoms with Crippen molar-refractivity contribution in [1.29, 1.82) is 0 Å². The zero-order valence-corrected chi connectivity index (χ0v) is 30.1. The molecule has 1 aliphatic heterocycles. The van der Waals surface area contributed by atoms with E-state index in [0.717, 1.165) is 37.8 Å². The van der Waals surface area contributed by atoms with Crippen molar-refractivity contribution in [2.24, 2.45) is 17.3 Å². The quantitative estimate of drug-likeness (QED) is 0.183. The van der Waals surface area contributed by atoms with E-state index in [9.17, 15) is 14.7 Å². The zero-order chi connectivity index (χ0) is 33.1. The molecule has 1 aromatic rings. The van der Waals surface area contributed by atoms with E-state index < -0.39 is 30.7 Å². The van der Waals surface area contributed by atoms with Crippen LogP contribution in [0.4, 0.5) is 5.69 Å². The fraction of sp³-hybridized carbons (Fsp3) is 0.730. The summed E-state index contributed by atoms with van der Waals surface area (Å²) in [5, 5.41) is 12.4. The van der Waals surface area contributed by atoms with Gasteiger partial charge in [-0.3, -0.25) is 9.59 Å². The fourth-order valence-electron chi connectivity index (χ4n) is 10.2. The lowest BCUT2D eigenvalue weighted by atomic mass is 9.49. The van der Waals surface area contributed by atoms with Crippen molar-refractivity contribution < 1.29 is 33.3 Å². The van der Waals surface area contributed by atoms with Crippen LogP contribution in [0.1, 0.15) is 89.5 Å². The third kappa shape index (κ3) is 5.72. The highest BCUT2D eigenvalue weighted by atomic mass is 28.4. The number of carbonyl (C=O) groups is 2. The summed E-state index contributed by atoms with van der Waals surface area (Å²) >= 11 is 0. The number of fused-ring (bicyclic) bond motifs is 4. The Morgan fingerprint density at radius 1 is 1.02 bits per heavy atom. The first-order valence-electron chi connectivity index (χ1n) is 17.6. The predicted molar refractivity (Wildman–Crippen MR) is 180 cm³/mol. The van der Waals surface area contributed by atoms with Gasteiger partial charge in [0.15, 0.2) is 19.9 Å². The monoisotopic (exact) mass is 653 g/mol. The highest BCUT2D eigenvalue weighted by Crippen LogP contribution is 2.69. The van der Waals surface area contributed by atoms with E-state index in [1.807, 2.05) is 0 Å². The van der Waals surface area contributed by atoms with Crippen molar-refractivity contribution in [3.05, 3.63) is 41.0 Å². The Morgan fingerprint density at radius 2 is 1.72 bits per heavy atom. The Kier molecular flexibility index (Phi) is 8.92. The molecule has 0 radical (unpaired) electrons. The van der Waals surface area contributed by atoms with Crippen LogP contribution in [0.15, 0.2) is 35.4 Å². The first kappa shape index (κ1) is 33.8. The van der Waals surface area contributed by atoms with E-state index in [2.05, 4.69) is 69.8 Å². The summed E-state index contributed by atoms with van der Waals surface area (Å²) in [6.45, 7) is 12.1. The molecule has 1 spiro atoms. The van der Waals surface area contributed by atoms with Gasteiger partial charge in [0, 0.05) is 50.4 Å². The SMILES string of the molecule is CCOC(=O)CCC(=O)[C@@]1(O[Si](C)(C)C)CC[C@H]2[C@@H]3CC[C@@]4(O)CC5(CCC4=C3[C@@H](c3ccc(N(C)C)cc3)C[C@@]21C)OCCO5. The maximum absolute atomic E-state index is 14.6. The Balaban J connectivity index is 1.45. The lowest BCUT2D eigenvalue weighted by Crippen LogP contribution is -2.61. The van der Waals surface area contributed by atoms with Crippen LogP contribution in [0.25, 0.3) is 0 Å². The average Bonchev–Trinajstić information content (AvgIpc) is 3.56. The summed E-state index contributed by atoms with van der Waals surface area (Å²) in [4.78, 5) is 29.1. The molecule has 4 aliphatic carbocycles. The van der Waals surface area contributed by atoms with E-state index in [1.165, 1.54) is 16.7 Å². The summed E-state index contributed by atoms with van der Waals surface area (Å²) in [6.07, 6.45) is 6.06. The van der Waals surface area contributed by atoms with Crippen LogP contribution in [0.3, 0.4) is 0 Å². The summed E-state index contributed by atoms with van der Waals surface area (Å²) in [5.74, 6) is -0.425. The second-order valence-corrected chi connectivity index (χ2v) is 20.4. The summed E-state index contributed by atoms with van der Waals surface area (Å²) in [6, 6.07) is 8.85. The van der Waals surface area contributed by atoms with E-state index in [-0.39, 0.29) is 42.3 Å². The molecule has 0 amide bonds. The number of hydrogen-bond acceptors (Lipinski definition) is 8. The van der Waals surface area contributed by atoms with Gasteiger partial charge in [0.1, 0.15) is 5.60 Å². The highest BCUT2D eigenvalue weighted by molar-refractivity contribution is 6.70. The molecule has 6 atom stereocenters. The Morgan fingerprint density at radius 3 is 2.35 bits per heavy atom. The maximum Gasteiger partial charge on any atom is 0.306 e. The molecule has 1 saturated heterocycles. The van der Waals surface area contributed by atoms with Gasteiger partial charge in [0.25, 0.3) is 0 Å². The molecule has 46 heavy (non-hydrogen) atoms. The number of allylic oxidation sites excluding steroid dienone is 1. The van der Waals surface area contributed by atoms with Crippen molar-refractivity contribution in [3.8, 4) is 0 Å². The van der Waals surface area contributed by atoms with Gasteiger partial charge in [0.05, 0.1) is 31.8 Å². The summed E-state index contributed by atoms with van der Waals surface area (Å²) in [7, 11) is 1.91. The largest absolute Gasteiger partial charge is 0.466 e. The van der Waals surface area contributed by atoms with Crippen LogP contribution < -0.4 is 4.90 Å². The molecule has 3 saturated carbocycles. The number of anilines is 1. The smallest absolute Gasteiger partial charge is 0.306 e. The van der Waals surface area contributed by atoms with Gasteiger partial charge in [-0.2, -0.15) is 0 Å². The summed E-state index contributed by atoms with van der Waals surface area (Å²) < 4.78 is 24.6. The van der Waals surface area contributed by atoms with Gasteiger partial charge in [-0.1, -0.05) is 24.6 Å². The molecule has 1 heterocycles. The van der Waals surface area contributed by atoms with Gasteiger partial charge >= 0.3 is 5.97 Å². The molecule has 254 valence electrons. The van der Waals surface area contributed by atoms with Crippen LogP contribution in [-0.2, 0) is 28.2 Å². The molecular formula is C37H55NO7Si. The maximum atomic E-state index is 14.6. The predicted octanol–water partition coefficient (Wildman–Crippen LogP) is 6.52. The first-order valence-corrected chi connectivity index (χ1v) is 21.0.